The Hall–Kier alpha value is -2.50. The number of nitrogens with zero attached hydrogens (tertiary/aromatic N) is 1. The second-order valence-corrected chi connectivity index (χ2v) is 8.52. The molecule has 2 aromatic carbocycles. The van der Waals surface area contributed by atoms with Gasteiger partial charge in [-0.15, -0.1) is 0 Å². The van der Waals surface area contributed by atoms with Crippen LogP contribution in [0.15, 0.2) is 60.7 Å². The zero-order chi connectivity index (χ0) is 21.1. The Labute approximate surface area is 177 Å². The highest BCUT2D eigenvalue weighted by Gasteiger charge is 2.06. The van der Waals surface area contributed by atoms with Gasteiger partial charge in [-0.3, -0.25) is 4.90 Å². The first-order chi connectivity index (χ1) is 13.9. The van der Waals surface area contributed by atoms with Crippen LogP contribution in [-0.4, -0.2) is 18.0 Å². The molecule has 2 aromatic rings. The summed E-state index contributed by atoms with van der Waals surface area (Å²) in [5.41, 5.74) is 3.81. The molecule has 0 unspecified atom stereocenters. The molecule has 0 saturated heterocycles. The number of hydrogen-bond donors (Lipinski definition) is 0. The van der Waals surface area contributed by atoms with Crippen molar-refractivity contribution in [2.45, 2.75) is 54.2 Å². The van der Waals surface area contributed by atoms with Crippen LogP contribution in [-0.2, 0) is 13.2 Å². The van der Waals surface area contributed by atoms with Crippen LogP contribution in [0, 0.1) is 24.2 Å². The standard InChI is InChI=1S/C27H35NO/c1-6-18-28(19-11-7-10-17-27(3,4)5)21-24-14-12-16-26(20-24)29-22-25-15-9-8-13-23(25)2/h7-9,11-16,20H,6,18-19,21-22H2,1-5H3. The van der Waals surface area contributed by atoms with E-state index >= 15 is 0 Å². The molecule has 154 valence electrons. The van der Waals surface area contributed by atoms with Crippen molar-refractivity contribution in [2.75, 3.05) is 13.1 Å². The van der Waals surface area contributed by atoms with E-state index in [2.05, 4.69) is 99.9 Å². The minimum Gasteiger partial charge on any atom is -0.489 e. The lowest BCUT2D eigenvalue weighted by Gasteiger charge is -2.20. The molecule has 2 heteroatoms. The number of benzene rings is 2. The quantitative estimate of drug-likeness (QED) is 0.461. The molecule has 0 atom stereocenters. The lowest BCUT2D eigenvalue weighted by Crippen LogP contribution is -2.24. The number of aryl methyl sites for hydroxylation is 1. The van der Waals surface area contributed by atoms with Crippen molar-refractivity contribution >= 4 is 0 Å². The lowest BCUT2D eigenvalue weighted by atomic mass is 9.98. The van der Waals surface area contributed by atoms with Gasteiger partial charge in [0.1, 0.15) is 12.4 Å². The van der Waals surface area contributed by atoms with Crippen LogP contribution in [0.3, 0.4) is 0 Å². The van der Waals surface area contributed by atoms with Gasteiger partial charge >= 0.3 is 0 Å². The van der Waals surface area contributed by atoms with Crippen molar-refractivity contribution in [2.24, 2.45) is 5.41 Å². The summed E-state index contributed by atoms with van der Waals surface area (Å²) in [6, 6.07) is 16.8. The molecule has 0 aromatic heterocycles. The van der Waals surface area contributed by atoms with Crippen molar-refractivity contribution in [3.8, 4) is 17.6 Å². The first kappa shape index (κ1) is 22.8. The second-order valence-electron chi connectivity index (χ2n) is 8.52. The monoisotopic (exact) mass is 389 g/mol. The summed E-state index contributed by atoms with van der Waals surface area (Å²) in [5.74, 6) is 7.32. The van der Waals surface area contributed by atoms with Crippen LogP contribution in [0.25, 0.3) is 0 Å². The van der Waals surface area contributed by atoms with Gasteiger partial charge in [-0.25, -0.2) is 0 Å². The SMILES string of the molecule is CCCN(CC=CC#CC(C)(C)C)Cc1cccc(OCc2ccccc2C)c1. The Morgan fingerprint density at radius 2 is 1.86 bits per heavy atom. The molecule has 0 aliphatic heterocycles. The first-order valence-corrected chi connectivity index (χ1v) is 10.5. The van der Waals surface area contributed by atoms with Gasteiger partial charge in [0.05, 0.1) is 0 Å². The van der Waals surface area contributed by atoms with E-state index in [1.807, 2.05) is 12.1 Å². The Bertz CT molecular complexity index is 849. The molecule has 0 spiro atoms. The molecule has 0 aliphatic carbocycles. The molecular weight excluding hydrogens is 354 g/mol. The molecule has 0 saturated carbocycles. The summed E-state index contributed by atoms with van der Waals surface area (Å²) in [4.78, 5) is 2.44. The van der Waals surface area contributed by atoms with Crippen LogP contribution in [0.1, 0.15) is 50.8 Å². The third kappa shape index (κ3) is 9.03. The van der Waals surface area contributed by atoms with Gasteiger partial charge in [0, 0.05) is 18.5 Å². The number of rotatable bonds is 9. The maximum atomic E-state index is 6.05. The molecule has 0 fully saturated rings. The minimum atomic E-state index is 0.0478. The predicted octanol–water partition coefficient (Wildman–Crippen LogP) is 6.39. The normalized spacial score (nSPS) is 11.5. The van der Waals surface area contributed by atoms with Gasteiger partial charge in [-0.1, -0.05) is 61.2 Å². The molecule has 0 bridgehead atoms. The average Bonchev–Trinajstić information content (AvgIpc) is 2.66. The Balaban J connectivity index is 1.95. The highest BCUT2D eigenvalue weighted by Crippen LogP contribution is 2.18. The third-order valence-corrected chi connectivity index (χ3v) is 4.51. The summed E-state index contributed by atoms with van der Waals surface area (Å²) >= 11 is 0. The molecule has 0 amide bonds. The van der Waals surface area contributed by atoms with Gasteiger partial charge in [0.15, 0.2) is 0 Å². The summed E-state index contributed by atoms with van der Waals surface area (Å²) in [5, 5.41) is 0. The maximum Gasteiger partial charge on any atom is 0.120 e. The van der Waals surface area contributed by atoms with Gasteiger partial charge in [-0.05, 0) is 75.6 Å². The van der Waals surface area contributed by atoms with Crippen LogP contribution in [0.5, 0.6) is 5.75 Å². The van der Waals surface area contributed by atoms with Crippen molar-refractivity contribution in [1.82, 2.24) is 4.90 Å². The third-order valence-electron chi connectivity index (χ3n) is 4.51. The predicted molar refractivity (Wildman–Crippen MR) is 124 cm³/mol. The van der Waals surface area contributed by atoms with Crippen LogP contribution >= 0.6 is 0 Å². The summed E-state index contributed by atoms with van der Waals surface area (Å²) in [6.07, 6.45) is 5.27. The zero-order valence-corrected chi connectivity index (χ0v) is 18.7. The van der Waals surface area contributed by atoms with E-state index in [4.69, 9.17) is 4.74 Å². The number of hydrogen-bond acceptors (Lipinski definition) is 2. The van der Waals surface area contributed by atoms with Gasteiger partial charge in [0.2, 0.25) is 0 Å². The first-order valence-electron chi connectivity index (χ1n) is 10.5. The fourth-order valence-electron chi connectivity index (χ4n) is 2.99. The van der Waals surface area contributed by atoms with Gasteiger partial charge in [-0.2, -0.15) is 0 Å². The van der Waals surface area contributed by atoms with Crippen molar-refractivity contribution in [3.05, 3.63) is 77.4 Å². The van der Waals surface area contributed by atoms with Crippen LogP contribution in [0.2, 0.25) is 0 Å². The van der Waals surface area contributed by atoms with E-state index in [1.54, 1.807) is 0 Å². The fourth-order valence-corrected chi connectivity index (χ4v) is 2.99. The molecule has 2 nitrogen and oxygen atoms in total. The van der Waals surface area contributed by atoms with Crippen molar-refractivity contribution in [1.29, 1.82) is 0 Å². The van der Waals surface area contributed by atoms with Crippen LogP contribution in [0.4, 0.5) is 0 Å². The molecule has 29 heavy (non-hydrogen) atoms. The van der Waals surface area contributed by atoms with E-state index in [0.29, 0.717) is 6.61 Å². The Morgan fingerprint density at radius 1 is 1.07 bits per heavy atom. The highest BCUT2D eigenvalue weighted by molar-refractivity contribution is 5.30. The van der Waals surface area contributed by atoms with Crippen molar-refractivity contribution < 1.29 is 4.74 Å². The fraction of sp³-hybridized carbons (Fsp3) is 0.407. The smallest absolute Gasteiger partial charge is 0.120 e. The summed E-state index contributed by atoms with van der Waals surface area (Å²) in [7, 11) is 0. The van der Waals surface area contributed by atoms with E-state index in [1.165, 1.54) is 16.7 Å². The average molecular weight is 390 g/mol. The van der Waals surface area contributed by atoms with Crippen LogP contribution < -0.4 is 4.74 Å². The van der Waals surface area contributed by atoms with E-state index in [0.717, 1.165) is 31.8 Å². The molecule has 0 radical (unpaired) electrons. The highest BCUT2D eigenvalue weighted by atomic mass is 16.5. The van der Waals surface area contributed by atoms with E-state index in [-0.39, 0.29) is 5.41 Å². The summed E-state index contributed by atoms with van der Waals surface area (Å²) in [6.45, 7) is 14.2. The molecule has 0 N–H and O–H groups in total. The van der Waals surface area contributed by atoms with E-state index < -0.39 is 0 Å². The van der Waals surface area contributed by atoms with Gasteiger partial charge < -0.3 is 4.74 Å². The molecule has 0 aliphatic rings. The van der Waals surface area contributed by atoms with Crippen molar-refractivity contribution in [3.63, 3.8) is 0 Å². The molecule has 2 rings (SSSR count). The van der Waals surface area contributed by atoms with E-state index in [9.17, 15) is 0 Å². The summed E-state index contributed by atoms with van der Waals surface area (Å²) < 4.78 is 6.05. The molecular formula is C27H35NO. The Morgan fingerprint density at radius 3 is 2.59 bits per heavy atom. The Kier molecular flexibility index (Phi) is 9.03. The maximum absolute atomic E-state index is 6.05. The van der Waals surface area contributed by atoms with Gasteiger partial charge in [0.25, 0.3) is 0 Å². The molecule has 0 heterocycles. The topological polar surface area (TPSA) is 12.5 Å². The minimum absolute atomic E-state index is 0.0478. The lowest BCUT2D eigenvalue weighted by molar-refractivity contribution is 0.290. The largest absolute Gasteiger partial charge is 0.489 e. The number of allylic oxidation sites excluding steroid dienone is 1. The number of ether oxygens (including phenoxy) is 1. The second kappa shape index (κ2) is 11.5. The zero-order valence-electron chi connectivity index (χ0n) is 18.7.